The van der Waals surface area contributed by atoms with Crippen LogP contribution in [0.15, 0.2) is 34.7 Å². The van der Waals surface area contributed by atoms with Crippen LogP contribution < -0.4 is 0 Å². The molecule has 5 nitrogen and oxygen atoms in total. The largest absolute Gasteiger partial charge is 0.456 e. The van der Waals surface area contributed by atoms with Crippen molar-refractivity contribution in [2.75, 3.05) is 14.1 Å². The molecule has 1 aliphatic rings. The van der Waals surface area contributed by atoms with Crippen LogP contribution in [0.2, 0.25) is 0 Å². The summed E-state index contributed by atoms with van der Waals surface area (Å²) in [5, 5.41) is 4.83. The van der Waals surface area contributed by atoms with Crippen LogP contribution in [-0.2, 0) is 6.54 Å². The standard InChI is InChI=1S/C20H24N4O/c1-13-6-5-7-17(14(13)2)24-20(21-19(22-24)15-8-9-15)18-11-10-16(25-18)12-23(3)4/h5-7,10-11,15H,8-9,12H2,1-4H3. The Morgan fingerprint density at radius 3 is 2.68 bits per heavy atom. The highest BCUT2D eigenvalue weighted by Crippen LogP contribution is 2.39. The molecule has 4 rings (SSSR count). The Morgan fingerprint density at radius 1 is 1.16 bits per heavy atom. The molecular weight excluding hydrogens is 312 g/mol. The SMILES string of the molecule is Cc1cccc(-n2nc(C3CC3)nc2-c2ccc(CN(C)C)o2)c1C. The Kier molecular flexibility index (Phi) is 3.96. The van der Waals surface area contributed by atoms with E-state index in [4.69, 9.17) is 14.5 Å². The molecule has 1 aliphatic carbocycles. The van der Waals surface area contributed by atoms with E-state index in [1.807, 2.05) is 30.9 Å². The maximum atomic E-state index is 6.06. The Morgan fingerprint density at radius 2 is 1.96 bits per heavy atom. The minimum absolute atomic E-state index is 0.501. The van der Waals surface area contributed by atoms with Gasteiger partial charge in [-0.05, 0) is 70.1 Å². The van der Waals surface area contributed by atoms with Crippen molar-refractivity contribution in [1.82, 2.24) is 19.7 Å². The van der Waals surface area contributed by atoms with Crippen molar-refractivity contribution in [1.29, 1.82) is 0 Å². The number of hydrogen-bond donors (Lipinski definition) is 0. The summed E-state index contributed by atoms with van der Waals surface area (Å²) in [5.41, 5.74) is 3.54. The number of furan rings is 1. The van der Waals surface area contributed by atoms with Gasteiger partial charge in [0.2, 0.25) is 0 Å². The highest BCUT2D eigenvalue weighted by molar-refractivity contribution is 5.55. The highest BCUT2D eigenvalue weighted by Gasteiger charge is 2.30. The van der Waals surface area contributed by atoms with Crippen molar-refractivity contribution in [3.05, 3.63) is 53.0 Å². The van der Waals surface area contributed by atoms with Crippen molar-refractivity contribution in [3.63, 3.8) is 0 Å². The van der Waals surface area contributed by atoms with Gasteiger partial charge >= 0.3 is 0 Å². The van der Waals surface area contributed by atoms with Crippen molar-refractivity contribution in [3.8, 4) is 17.3 Å². The first-order valence-corrected chi connectivity index (χ1v) is 8.80. The van der Waals surface area contributed by atoms with Crippen molar-refractivity contribution < 1.29 is 4.42 Å². The lowest BCUT2D eigenvalue weighted by atomic mass is 10.1. The first-order chi connectivity index (χ1) is 12.0. The summed E-state index contributed by atoms with van der Waals surface area (Å²) >= 11 is 0. The molecule has 2 heterocycles. The van der Waals surface area contributed by atoms with Crippen molar-refractivity contribution >= 4 is 0 Å². The summed E-state index contributed by atoms with van der Waals surface area (Å²) in [5.74, 6) is 3.93. The van der Waals surface area contributed by atoms with E-state index in [9.17, 15) is 0 Å². The van der Waals surface area contributed by atoms with Crippen LogP contribution in [0.3, 0.4) is 0 Å². The maximum Gasteiger partial charge on any atom is 0.199 e. The number of benzene rings is 1. The molecule has 0 amide bonds. The third kappa shape index (κ3) is 3.12. The minimum atomic E-state index is 0.501. The van der Waals surface area contributed by atoms with Crippen LogP contribution >= 0.6 is 0 Å². The van der Waals surface area contributed by atoms with E-state index in [2.05, 4.69) is 36.9 Å². The Bertz CT molecular complexity index is 902. The maximum absolute atomic E-state index is 6.06. The molecule has 0 bridgehead atoms. The quantitative estimate of drug-likeness (QED) is 0.704. The van der Waals surface area contributed by atoms with Crippen molar-refractivity contribution in [2.45, 2.75) is 39.2 Å². The van der Waals surface area contributed by atoms with Crippen LogP contribution in [0.25, 0.3) is 17.3 Å². The van der Waals surface area contributed by atoms with Gasteiger partial charge < -0.3 is 9.32 Å². The third-order valence-corrected chi connectivity index (χ3v) is 4.72. The number of aryl methyl sites for hydroxylation is 1. The van der Waals surface area contributed by atoms with Gasteiger partial charge in [0.1, 0.15) is 5.76 Å². The number of hydrogen-bond acceptors (Lipinski definition) is 4. The van der Waals surface area contributed by atoms with E-state index in [1.54, 1.807) is 0 Å². The zero-order chi connectivity index (χ0) is 17.6. The fourth-order valence-electron chi connectivity index (χ4n) is 3.03. The molecule has 1 fully saturated rings. The molecule has 0 aliphatic heterocycles. The van der Waals surface area contributed by atoms with Gasteiger partial charge in [-0.15, -0.1) is 0 Å². The van der Waals surface area contributed by atoms with Crippen molar-refractivity contribution in [2.24, 2.45) is 0 Å². The van der Waals surface area contributed by atoms with E-state index in [-0.39, 0.29) is 0 Å². The molecule has 0 saturated heterocycles. The van der Waals surface area contributed by atoms with E-state index in [0.29, 0.717) is 5.92 Å². The Hall–Kier alpha value is -2.40. The summed E-state index contributed by atoms with van der Waals surface area (Å²) in [6.45, 7) is 5.03. The molecule has 25 heavy (non-hydrogen) atoms. The van der Waals surface area contributed by atoms with E-state index in [0.717, 1.165) is 35.4 Å². The molecule has 5 heteroatoms. The van der Waals surface area contributed by atoms with E-state index < -0.39 is 0 Å². The second kappa shape index (κ2) is 6.15. The average molecular weight is 336 g/mol. The lowest BCUT2D eigenvalue weighted by Crippen LogP contribution is -2.09. The lowest BCUT2D eigenvalue weighted by molar-refractivity contribution is 0.353. The lowest BCUT2D eigenvalue weighted by Gasteiger charge is -2.10. The number of nitrogens with zero attached hydrogens (tertiary/aromatic N) is 4. The van der Waals surface area contributed by atoms with Crippen LogP contribution in [0.5, 0.6) is 0 Å². The van der Waals surface area contributed by atoms with E-state index in [1.165, 1.54) is 24.0 Å². The first kappa shape index (κ1) is 16.1. The second-order valence-corrected chi connectivity index (χ2v) is 7.20. The van der Waals surface area contributed by atoms with Gasteiger partial charge in [0, 0.05) is 5.92 Å². The predicted molar refractivity (Wildman–Crippen MR) is 97.9 cm³/mol. The monoisotopic (exact) mass is 336 g/mol. The Labute approximate surface area is 148 Å². The fourth-order valence-corrected chi connectivity index (χ4v) is 3.03. The van der Waals surface area contributed by atoms with Gasteiger partial charge in [-0.2, -0.15) is 5.10 Å². The van der Waals surface area contributed by atoms with Crippen LogP contribution in [0.4, 0.5) is 0 Å². The average Bonchev–Trinajstić information content (AvgIpc) is 3.16. The molecule has 1 aromatic carbocycles. The molecular formula is C20H24N4O. The molecule has 130 valence electrons. The third-order valence-electron chi connectivity index (χ3n) is 4.72. The summed E-state index contributed by atoms with van der Waals surface area (Å²) in [6, 6.07) is 10.3. The molecule has 0 spiro atoms. The van der Waals surface area contributed by atoms with Crippen LogP contribution in [0, 0.1) is 13.8 Å². The fraction of sp³-hybridized carbons (Fsp3) is 0.400. The van der Waals surface area contributed by atoms with Gasteiger partial charge in [-0.3, -0.25) is 0 Å². The van der Waals surface area contributed by atoms with Gasteiger partial charge in [0.05, 0.1) is 12.2 Å². The first-order valence-electron chi connectivity index (χ1n) is 8.80. The summed E-state index contributed by atoms with van der Waals surface area (Å²) < 4.78 is 8.01. The highest BCUT2D eigenvalue weighted by atomic mass is 16.3. The van der Waals surface area contributed by atoms with Gasteiger partial charge in [0.25, 0.3) is 0 Å². The summed E-state index contributed by atoms with van der Waals surface area (Å²) in [4.78, 5) is 6.92. The molecule has 3 aromatic rings. The molecule has 0 unspecified atom stereocenters. The summed E-state index contributed by atoms with van der Waals surface area (Å²) in [6.07, 6.45) is 2.36. The minimum Gasteiger partial charge on any atom is -0.456 e. The predicted octanol–water partition coefficient (Wildman–Crippen LogP) is 4.08. The smallest absolute Gasteiger partial charge is 0.199 e. The molecule has 2 aromatic heterocycles. The van der Waals surface area contributed by atoms with Crippen LogP contribution in [-0.4, -0.2) is 33.8 Å². The zero-order valence-corrected chi connectivity index (χ0v) is 15.3. The van der Waals surface area contributed by atoms with E-state index >= 15 is 0 Å². The molecule has 0 radical (unpaired) electrons. The second-order valence-electron chi connectivity index (χ2n) is 7.20. The number of rotatable bonds is 5. The Balaban J connectivity index is 1.81. The molecule has 0 N–H and O–H groups in total. The molecule has 0 atom stereocenters. The van der Waals surface area contributed by atoms with Gasteiger partial charge in [-0.25, -0.2) is 9.67 Å². The van der Waals surface area contributed by atoms with Crippen LogP contribution in [0.1, 0.15) is 41.5 Å². The van der Waals surface area contributed by atoms with Gasteiger partial charge in [-0.1, -0.05) is 12.1 Å². The topological polar surface area (TPSA) is 47.1 Å². The zero-order valence-electron chi connectivity index (χ0n) is 15.3. The normalized spacial score (nSPS) is 14.4. The molecule has 1 saturated carbocycles. The summed E-state index contributed by atoms with van der Waals surface area (Å²) in [7, 11) is 4.07. The van der Waals surface area contributed by atoms with Gasteiger partial charge in [0.15, 0.2) is 17.4 Å². The number of aromatic nitrogens is 3.